The van der Waals surface area contributed by atoms with Gasteiger partial charge in [-0.3, -0.25) is 9.59 Å². The maximum absolute atomic E-state index is 14.8. The number of aliphatic hydroxyl groups is 1. The second kappa shape index (κ2) is 10.1. The summed E-state index contributed by atoms with van der Waals surface area (Å²) >= 11 is 6.14. The molecule has 0 spiro atoms. The molecule has 0 saturated carbocycles. The Labute approximate surface area is 191 Å². The number of amides is 1. The van der Waals surface area contributed by atoms with Gasteiger partial charge < -0.3 is 19.6 Å². The van der Waals surface area contributed by atoms with Gasteiger partial charge in [-0.2, -0.15) is 0 Å². The molecule has 2 aromatic rings. The Hall–Kier alpha value is -2.90. The molecule has 32 heavy (non-hydrogen) atoms. The average Bonchev–Trinajstić information content (AvgIpc) is 3.00. The Kier molecular flexibility index (Phi) is 7.53. The molecular formula is C24H26ClFN2O4. The Balaban J connectivity index is 2.13. The maximum atomic E-state index is 14.8. The van der Waals surface area contributed by atoms with Crippen molar-refractivity contribution in [2.75, 3.05) is 33.8 Å². The van der Waals surface area contributed by atoms with Gasteiger partial charge in [-0.25, -0.2) is 4.39 Å². The first-order valence-corrected chi connectivity index (χ1v) is 10.7. The van der Waals surface area contributed by atoms with Gasteiger partial charge in [0.05, 0.1) is 23.2 Å². The first-order chi connectivity index (χ1) is 15.3. The Morgan fingerprint density at radius 3 is 2.59 bits per heavy atom. The van der Waals surface area contributed by atoms with Crippen LogP contribution in [0.25, 0.3) is 5.76 Å². The molecule has 0 aliphatic carbocycles. The lowest BCUT2D eigenvalue weighted by molar-refractivity contribution is -0.140. The van der Waals surface area contributed by atoms with Crippen molar-refractivity contribution >= 4 is 29.1 Å². The molecule has 1 heterocycles. The second-order valence-electron chi connectivity index (χ2n) is 7.75. The van der Waals surface area contributed by atoms with Crippen molar-refractivity contribution in [2.45, 2.75) is 19.4 Å². The molecule has 170 valence electrons. The molecule has 1 N–H and O–H groups in total. The Bertz CT molecular complexity index is 1050. The summed E-state index contributed by atoms with van der Waals surface area (Å²) in [6.45, 7) is 3.07. The SMILES string of the molecule is CCOc1cc(/C(O)=C2\C(=O)C(=O)N(CCCN(C)C)C2c2ccccc2F)ccc1Cl. The first-order valence-electron chi connectivity index (χ1n) is 10.4. The van der Waals surface area contributed by atoms with Crippen LogP contribution < -0.4 is 4.74 Å². The zero-order valence-electron chi connectivity index (χ0n) is 18.3. The molecule has 2 aromatic carbocycles. The summed E-state index contributed by atoms with van der Waals surface area (Å²) in [4.78, 5) is 29.2. The summed E-state index contributed by atoms with van der Waals surface area (Å²) in [5.74, 6) is -2.25. The van der Waals surface area contributed by atoms with Crippen molar-refractivity contribution in [3.63, 3.8) is 0 Å². The normalized spacial score (nSPS) is 17.9. The van der Waals surface area contributed by atoms with E-state index in [4.69, 9.17) is 16.3 Å². The monoisotopic (exact) mass is 460 g/mol. The van der Waals surface area contributed by atoms with Gasteiger partial charge in [-0.05, 0) is 58.3 Å². The molecule has 1 amide bonds. The zero-order valence-corrected chi connectivity index (χ0v) is 19.0. The predicted octanol–water partition coefficient (Wildman–Crippen LogP) is 4.25. The molecule has 0 bridgehead atoms. The third kappa shape index (κ3) is 4.79. The fourth-order valence-corrected chi connectivity index (χ4v) is 3.93. The van der Waals surface area contributed by atoms with Gasteiger partial charge in [0.15, 0.2) is 0 Å². The number of rotatable bonds is 8. The third-order valence-corrected chi connectivity index (χ3v) is 5.56. The van der Waals surface area contributed by atoms with Crippen LogP contribution >= 0.6 is 11.6 Å². The summed E-state index contributed by atoms with van der Waals surface area (Å²) in [7, 11) is 3.80. The molecule has 1 aliphatic rings. The number of hydrogen-bond donors (Lipinski definition) is 1. The second-order valence-corrected chi connectivity index (χ2v) is 8.16. The van der Waals surface area contributed by atoms with Gasteiger partial charge in [-0.1, -0.05) is 29.8 Å². The van der Waals surface area contributed by atoms with E-state index in [9.17, 15) is 19.1 Å². The third-order valence-electron chi connectivity index (χ3n) is 5.25. The van der Waals surface area contributed by atoms with E-state index in [0.717, 1.165) is 0 Å². The molecular weight excluding hydrogens is 435 g/mol. The molecule has 0 aromatic heterocycles. The number of hydrogen-bond acceptors (Lipinski definition) is 5. The maximum Gasteiger partial charge on any atom is 0.295 e. The number of nitrogens with zero attached hydrogens (tertiary/aromatic N) is 2. The topological polar surface area (TPSA) is 70.1 Å². The lowest BCUT2D eigenvalue weighted by atomic mass is 9.95. The van der Waals surface area contributed by atoms with Gasteiger partial charge in [0.2, 0.25) is 0 Å². The zero-order chi connectivity index (χ0) is 23.4. The number of carbonyl (C=O) groups excluding carboxylic acids is 2. The van der Waals surface area contributed by atoms with Gasteiger partial charge >= 0.3 is 0 Å². The van der Waals surface area contributed by atoms with Crippen LogP contribution in [0.5, 0.6) is 5.75 Å². The van der Waals surface area contributed by atoms with Crippen molar-refractivity contribution in [3.8, 4) is 5.75 Å². The Morgan fingerprint density at radius 2 is 1.94 bits per heavy atom. The number of ether oxygens (including phenoxy) is 1. The van der Waals surface area contributed by atoms with Crippen LogP contribution in [0.3, 0.4) is 0 Å². The van der Waals surface area contributed by atoms with Gasteiger partial charge in [0.1, 0.15) is 17.3 Å². The van der Waals surface area contributed by atoms with Crippen LogP contribution in [0.2, 0.25) is 5.02 Å². The van der Waals surface area contributed by atoms with Crippen molar-refractivity contribution in [2.24, 2.45) is 0 Å². The molecule has 0 radical (unpaired) electrons. The van der Waals surface area contributed by atoms with Crippen LogP contribution in [0.15, 0.2) is 48.0 Å². The Morgan fingerprint density at radius 1 is 1.22 bits per heavy atom. The van der Waals surface area contributed by atoms with Crippen LogP contribution in [-0.2, 0) is 9.59 Å². The summed E-state index contributed by atoms with van der Waals surface area (Å²) < 4.78 is 20.2. The van der Waals surface area contributed by atoms with E-state index in [1.54, 1.807) is 13.0 Å². The molecule has 1 fully saturated rings. The number of benzene rings is 2. The lowest BCUT2D eigenvalue weighted by Gasteiger charge is -2.26. The summed E-state index contributed by atoms with van der Waals surface area (Å²) in [6.07, 6.45) is 0.584. The molecule has 6 nitrogen and oxygen atoms in total. The number of halogens is 2. The highest BCUT2D eigenvalue weighted by atomic mass is 35.5. The highest BCUT2D eigenvalue weighted by molar-refractivity contribution is 6.46. The van der Waals surface area contributed by atoms with Crippen LogP contribution in [0, 0.1) is 5.82 Å². The van der Waals surface area contributed by atoms with Crippen molar-refractivity contribution < 1.29 is 23.8 Å². The largest absolute Gasteiger partial charge is 0.507 e. The summed E-state index contributed by atoms with van der Waals surface area (Å²) in [6, 6.07) is 9.48. The van der Waals surface area contributed by atoms with E-state index in [-0.39, 0.29) is 23.2 Å². The van der Waals surface area contributed by atoms with Crippen molar-refractivity contribution in [1.29, 1.82) is 0 Å². The quantitative estimate of drug-likeness (QED) is 0.362. The van der Waals surface area contributed by atoms with E-state index < -0.39 is 29.3 Å². The van der Waals surface area contributed by atoms with Crippen molar-refractivity contribution in [3.05, 3.63) is 70.0 Å². The fraction of sp³-hybridized carbons (Fsp3) is 0.333. The van der Waals surface area contributed by atoms with Crippen molar-refractivity contribution in [1.82, 2.24) is 9.80 Å². The predicted molar refractivity (Wildman–Crippen MR) is 121 cm³/mol. The lowest BCUT2D eigenvalue weighted by Crippen LogP contribution is -2.32. The van der Waals surface area contributed by atoms with E-state index in [1.807, 2.05) is 19.0 Å². The van der Waals surface area contributed by atoms with Gasteiger partial charge in [0.25, 0.3) is 11.7 Å². The molecule has 1 atom stereocenters. The molecule has 1 unspecified atom stereocenters. The smallest absolute Gasteiger partial charge is 0.295 e. The number of carbonyl (C=O) groups is 2. The first kappa shape index (κ1) is 23.8. The minimum atomic E-state index is -1.04. The number of Topliss-reactive ketones (excluding diaryl/α,β-unsaturated/α-hetero) is 1. The summed E-state index contributed by atoms with van der Waals surface area (Å²) in [5, 5.41) is 11.4. The van der Waals surface area contributed by atoms with Crippen LogP contribution in [0.1, 0.15) is 30.5 Å². The average molecular weight is 461 g/mol. The highest BCUT2D eigenvalue weighted by Crippen LogP contribution is 2.41. The molecule has 1 saturated heterocycles. The van der Waals surface area contributed by atoms with E-state index in [2.05, 4.69) is 0 Å². The highest BCUT2D eigenvalue weighted by Gasteiger charge is 2.46. The minimum absolute atomic E-state index is 0.150. The number of ketones is 1. The number of likely N-dealkylation sites (tertiary alicyclic amines) is 1. The fourth-order valence-electron chi connectivity index (χ4n) is 3.76. The standard InChI is InChI=1S/C24H26ClFN2O4/c1-4-32-19-14-15(10-11-17(19)25)22(29)20-21(16-8-5-6-9-18(16)26)28(24(31)23(20)30)13-7-12-27(2)3/h5-6,8-11,14,21,29H,4,7,12-13H2,1-3H3/b22-20+. The van der Waals surface area contributed by atoms with Gasteiger partial charge in [0, 0.05) is 17.7 Å². The number of aliphatic hydroxyl groups excluding tert-OH is 1. The van der Waals surface area contributed by atoms with E-state index in [1.165, 1.54) is 41.3 Å². The summed E-state index contributed by atoms with van der Waals surface area (Å²) in [5.41, 5.74) is 0.248. The minimum Gasteiger partial charge on any atom is -0.507 e. The molecule has 3 rings (SSSR count). The van der Waals surface area contributed by atoms with E-state index >= 15 is 0 Å². The molecule has 1 aliphatic heterocycles. The van der Waals surface area contributed by atoms with Gasteiger partial charge in [-0.15, -0.1) is 0 Å². The van der Waals surface area contributed by atoms with Crippen LogP contribution in [0.4, 0.5) is 4.39 Å². The molecule has 8 heteroatoms. The van der Waals surface area contributed by atoms with E-state index in [0.29, 0.717) is 30.3 Å². The van der Waals surface area contributed by atoms with Crippen LogP contribution in [-0.4, -0.2) is 60.4 Å².